The number of aromatic nitrogens is 2. The Balaban J connectivity index is 1.79. The predicted octanol–water partition coefficient (Wildman–Crippen LogP) is 3.33. The molecule has 0 fully saturated rings. The molecule has 0 aliphatic carbocycles. The first kappa shape index (κ1) is 13.9. The highest BCUT2D eigenvalue weighted by Gasteiger charge is 2.12. The molecule has 3 aromatic rings. The number of hydrogen-bond acceptors (Lipinski definition) is 5. The molecule has 1 amide bonds. The van der Waals surface area contributed by atoms with Crippen molar-refractivity contribution in [1.29, 1.82) is 5.26 Å². The van der Waals surface area contributed by atoms with Gasteiger partial charge >= 0.3 is 0 Å². The molecular formula is C16H10N4OS. The lowest BCUT2D eigenvalue weighted by Gasteiger charge is -2.03. The Morgan fingerprint density at radius 3 is 2.95 bits per heavy atom. The summed E-state index contributed by atoms with van der Waals surface area (Å²) >= 11 is 1.38. The number of nitrogens with one attached hydrogen (secondary N) is 1. The predicted molar refractivity (Wildman–Crippen MR) is 84.5 cm³/mol. The average Bonchev–Trinajstić information content (AvgIpc) is 3.06. The van der Waals surface area contributed by atoms with Crippen LogP contribution in [0, 0.1) is 11.3 Å². The summed E-state index contributed by atoms with van der Waals surface area (Å²) < 4.78 is 0. The van der Waals surface area contributed by atoms with Gasteiger partial charge in [-0.2, -0.15) is 5.26 Å². The Kier molecular flexibility index (Phi) is 3.90. The fourth-order valence-electron chi connectivity index (χ4n) is 1.86. The van der Waals surface area contributed by atoms with Crippen molar-refractivity contribution in [3.05, 3.63) is 65.4 Å². The molecule has 2 heterocycles. The molecular weight excluding hydrogens is 296 g/mol. The van der Waals surface area contributed by atoms with Crippen molar-refractivity contribution >= 4 is 22.9 Å². The number of pyridine rings is 1. The van der Waals surface area contributed by atoms with E-state index in [1.165, 1.54) is 11.3 Å². The fraction of sp³-hybridized carbons (Fsp3) is 0. The van der Waals surface area contributed by atoms with E-state index in [1.807, 2.05) is 18.2 Å². The van der Waals surface area contributed by atoms with Crippen LogP contribution in [0.5, 0.6) is 0 Å². The van der Waals surface area contributed by atoms with E-state index >= 15 is 0 Å². The third kappa shape index (κ3) is 3.00. The molecule has 106 valence electrons. The van der Waals surface area contributed by atoms with E-state index in [0.717, 1.165) is 10.6 Å². The smallest absolute Gasteiger partial charge is 0.275 e. The molecule has 0 aliphatic rings. The van der Waals surface area contributed by atoms with Gasteiger partial charge in [0.15, 0.2) is 0 Å². The number of benzene rings is 1. The standard InChI is InChI=1S/C16H10N4OS/c17-8-11-3-1-5-13(7-11)19-15(21)14-10-22-16(20-14)12-4-2-6-18-9-12/h1-7,9-10H,(H,19,21). The van der Waals surface area contributed by atoms with Gasteiger partial charge in [-0.1, -0.05) is 6.07 Å². The quantitative estimate of drug-likeness (QED) is 0.805. The van der Waals surface area contributed by atoms with Gasteiger partial charge in [0.25, 0.3) is 5.91 Å². The van der Waals surface area contributed by atoms with Gasteiger partial charge in [-0.15, -0.1) is 11.3 Å². The summed E-state index contributed by atoms with van der Waals surface area (Å²) in [5.41, 5.74) is 2.27. The van der Waals surface area contributed by atoms with Crippen molar-refractivity contribution in [3.63, 3.8) is 0 Å². The number of carbonyl (C=O) groups excluding carboxylic acids is 1. The second-order valence-corrected chi connectivity index (χ2v) is 5.28. The molecule has 5 nitrogen and oxygen atoms in total. The lowest BCUT2D eigenvalue weighted by Crippen LogP contribution is -2.12. The van der Waals surface area contributed by atoms with Gasteiger partial charge in [0.2, 0.25) is 0 Å². The van der Waals surface area contributed by atoms with Crippen LogP contribution in [0.2, 0.25) is 0 Å². The van der Waals surface area contributed by atoms with Gasteiger partial charge in [0.1, 0.15) is 10.7 Å². The highest BCUT2D eigenvalue weighted by molar-refractivity contribution is 7.13. The number of hydrogen-bond donors (Lipinski definition) is 1. The molecule has 0 atom stereocenters. The van der Waals surface area contributed by atoms with Crippen LogP contribution < -0.4 is 5.32 Å². The van der Waals surface area contributed by atoms with Crippen LogP contribution in [0.4, 0.5) is 5.69 Å². The lowest BCUT2D eigenvalue weighted by molar-refractivity contribution is 0.102. The first-order valence-corrected chi connectivity index (χ1v) is 7.31. The zero-order valence-electron chi connectivity index (χ0n) is 11.4. The van der Waals surface area contributed by atoms with Gasteiger partial charge < -0.3 is 5.32 Å². The Bertz CT molecular complexity index is 852. The highest BCUT2D eigenvalue weighted by atomic mass is 32.1. The molecule has 0 saturated heterocycles. The first-order valence-electron chi connectivity index (χ1n) is 6.44. The number of carbonyl (C=O) groups is 1. The SMILES string of the molecule is N#Cc1cccc(NC(=O)c2csc(-c3cccnc3)n2)c1. The third-order valence-electron chi connectivity index (χ3n) is 2.89. The molecule has 1 N–H and O–H groups in total. The van der Waals surface area contributed by atoms with Crippen molar-refractivity contribution in [2.75, 3.05) is 5.32 Å². The molecule has 0 bridgehead atoms. The van der Waals surface area contributed by atoms with E-state index in [0.29, 0.717) is 16.9 Å². The van der Waals surface area contributed by atoms with Gasteiger partial charge in [-0.25, -0.2) is 4.98 Å². The topological polar surface area (TPSA) is 78.7 Å². The molecule has 0 saturated carbocycles. The van der Waals surface area contributed by atoms with E-state index in [1.54, 1.807) is 42.0 Å². The molecule has 0 aliphatic heterocycles. The van der Waals surface area contributed by atoms with Crippen LogP contribution in [0.25, 0.3) is 10.6 Å². The maximum Gasteiger partial charge on any atom is 0.275 e. The number of nitriles is 1. The molecule has 6 heteroatoms. The van der Waals surface area contributed by atoms with Gasteiger partial charge in [0, 0.05) is 29.0 Å². The van der Waals surface area contributed by atoms with Crippen LogP contribution in [0.3, 0.4) is 0 Å². The van der Waals surface area contributed by atoms with E-state index in [2.05, 4.69) is 15.3 Å². The van der Waals surface area contributed by atoms with Gasteiger partial charge in [-0.3, -0.25) is 9.78 Å². The molecule has 3 rings (SSSR count). The summed E-state index contributed by atoms with van der Waals surface area (Å²) in [5.74, 6) is -0.304. The Hall–Kier alpha value is -3.04. The Labute approximate surface area is 130 Å². The number of rotatable bonds is 3. The minimum Gasteiger partial charge on any atom is -0.321 e. The first-order chi connectivity index (χ1) is 10.8. The molecule has 1 aromatic carbocycles. The highest BCUT2D eigenvalue weighted by Crippen LogP contribution is 2.23. The monoisotopic (exact) mass is 306 g/mol. The zero-order valence-corrected chi connectivity index (χ0v) is 12.2. The van der Waals surface area contributed by atoms with Crippen LogP contribution in [-0.2, 0) is 0 Å². The Morgan fingerprint density at radius 1 is 1.27 bits per heavy atom. The minimum absolute atomic E-state index is 0.304. The molecule has 0 spiro atoms. The summed E-state index contributed by atoms with van der Waals surface area (Å²) in [5, 5.41) is 14.0. The van der Waals surface area contributed by atoms with Crippen molar-refractivity contribution in [2.24, 2.45) is 0 Å². The van der Waals surface area contributed by atoms with Crippen LogP contribution in [0.15, 0.2) is 54.2 Å². The largest absolute Gasteiger partial charge is 0.321 e. The minimum atomic E-state index is -0.304. The maximum atomic E-state index is 12.2. The van der Waals surface area contributed by atoms with Gasteiger partial charge in [-0.05, 0) is 30.3 Å². The molecule has 0 radical (unpaired) electrons. The lowest BCUT2D eigenvalue weighted by atomic mass is 10.2. The summed E-state index contributed by atoms with van der Waals surface area (Å²) in [7, 11) is 0. The van der Waals surface area contributed by atoms with Crippen LogP contribution in [-0.4, -0.2) is 15.9 Å². The second-order valence-electron chi connectivity index (χ2n) is 4.43. The Morgan fingerprint density at radius 2 is 2.18 bits per heavy atom. The van der Waals surface area contributed by atoms with Crippen molar-refractivity contribution in [3.8, 4) is 16.6 Å². The maximum absolute atomic E-state index is 12.2. The summed E-state index contributed by atoms with van der Waals surface area (Å²) in [6, 6.07) is 12.5. The zero-order chi connectivity index (χ0) is 15.4. The second kappa shape index (κ2) is 6.16. The number of thiazole rings is 1. The molecule has 2 aromatic heterocycles. The summed E-state index contributed by atoms with van der Waals surface area (Å²) in [4.78, 5) is 20.6. The van der Waals surface area contributed by atoms with Gasteiger partial charge in [0.05, 0.1) is 11.6 Å². The van der Waals surface area contributed by atoms with E-state index in [9.17, 15) is 4.79 Å². The third-order valence-corrected chi connectivity index (χ3v) is 3.79. The van der Waals surface area contributed by atoms with E-state index in [-0.39, 0.29) is 5.91 Å². The number of anilines is 1. The summed E-state index contributed by atoms with van der Waals surface area (Å²) in [6.07, 6.45) is 3.39. The van der Waals surface area contributed by atoms with E-state index < -0.39 is 0 Å². The normalized spacial score (nSPS) is 9.95. The number of amides is 1. The average molecular weight is 306 g/mol. The molecule has 22 heavy (non-hydrogen) atoms. The fourth-order valence-corrected chi connectivity index (χ4v) is 2.65. The van der Waals surface area contributed by atoms with Crippen LogP contribution >= 0.6 is 11.3 Å². The summed E-state index contributed by atoms with van der Waals surface area (Å²) in [6.45, 7) is 0. The van der Waals surface area contributed by atoms with Crippen molar-refractivity contribution in [1.82, 2.24) is 9.97 Å². The van der Waals surface area contributed by atoms with E-state index in [4.69, 9.17) is 5.26 Å². The van der Waals surface area contributed by atoms with Crippen LogP contribution in [0.1, 0.15) is 16.1 Å². The number of nitrogens with zero attached hydrogens (tertiary/aromatic N) is 3. The molecule has 0 unspecified atom stereocenters. The van der Waals surface area contributed by atoms with Crippen molar-refractivity contribution < 1.29 is 4.79 Å². The van der Waals surface area contributed by atoms with Crippen molar-refractivity contribution in [2.45, 2.75) is 0 Å².